The van der Waals surface area contributed by atoms with Crippen molar-refractivity contribution in [3.05, 3.63) is 103 Å². The van der Waals surface area contributed by atoms with Crippen molar-refractivity contribution in [2.24, 2.45) is 0 Å². The maximum atomic E-state index is 3.87. The first kappa shape index (κ1) is 19.4. The van der Waals surface area contributed by atoms with Crippen molar-refractivity contribution in [3.63, 3.8) is 0 Å². The van der Waals surface area contributed by atoms with Gasteiger partial charge in [0.25, 0.3) is 0 Å². The van der Waals surface area contributed by atoms with Crippen molar-refractivity contribution in [1.82, 2.24) is 9.38 Å². The standard InChI is InChI=1S/C35H20BN2/c1-18-17-27(22-10-4-9-21-23-16-15-19-7-2-3-8-20(19)31(23)37-32(21)22)30-35-29(18)26-13-5-11-24-25-12-6-14-28(36-30)34(25)38(35)33(24)26/h2-17,37H,1H3. The van der Waals surface area contributed by atoms with Gasteiger partial charge in [-0.25, -0.2) is 0 Å². The molecule has 9 aromatic rings. The Balaban J connectivity index is 1.40. The van der Waals surface area contributed by atoms with Crippen molar-refractivity contribution < 1.29 is 0 Å². The second kappa shape index (κ2) is 6.38. The molecule has 173 valence electrons. The van der Waals surface area contributed by atoms with Crippen LogP contribution in [0.25, 0.3) is 81.8 Å². The smallest absolute Gasteiger partial charge is 0.197 e. The summed E-state index contributed by atoms with van der Waals surface area (Å²) in [5.41, 5.74) is 13.0. The molecule has 3 aromatic heterocycles. The van der Waals surface area contributed by atoms with Gasteiger partial charge in [-0.1, -0.05) is 103 Å². The molecule has 10 rings (SSSR count). The Morgan fingerprint density at radius 1 is 0.579 bits per heavy atom. The van der Waals surface area contributed by atoms with Crippen LogP contribution >= 0.6 is 0 Å². The van der Waals surface area contributed by atoms with Crippen LogP contribution in [0.4, 0.5) is 0 Å². The Morgan fingerprint density at radius 3 is 2.26 bits per heavy atom. The molecule has 1 radical (unpaired) electrons. The number of nitrogens with one attached hydrogen (secondary N) is 1. The van der Waals surface area contributed by atoms with Crippen molar-refractivity contribution in [2.75, 3.05) is 0 Å². The number of benzene rings is 6. The number of para-hydroxylation sites is 3. The van der Waals surface area contributed by atoms with Crippen molar-refractivity contribution in [2.45, 2.75) is 6.92 Å². The van der Waals surface area contributed by atoms with Gasteiger partial charge in [0, 0.05) is 54.3 Å². The molecule has 1 N–H and O–H groups in total. The molecule has 0 atom stereocenters. The molecule has 0 fully saturated rings. The topological polar surface area (TPSA) is 20.2 Å². The monoisotopic (exact) mass is 479 g/mol. The normalized spacial score (nSPS) is 13.1. The van der Waals surface area contributed by atoms with E-state index in [4.69, 9.17) is 0 Å². The van der Waals surface area contributed by atoms with Crippen LogP contribution in [0.3, 0.4) is 0 Å². The third kappa shape index (κ3) is 2.08. The summed E-state index contributed by atoms with van der Waals surface area (Å²) in [6, 6.07) is 35.9. The Labute approximate surface area is 218 Å². The molecule has 3 heteroatoms. The van der Waals surface area contributed by atoms with Crippen molar-refractivity contribution in [3.8, 4) is 11.1 Å². The minimum absolute atomic E-state index is 1.21. The Morgan fingerprint density at radius 2 is 1.32 bits per heavy atom. The van der Waals surface area contributed by atoms with Crippen LogP contribution in [0.5, 0.6) is 0 Å². The first-order chi connectivity index (χ1) is 18.8. The minimum Gasteiger partial charge on any atom is -0.353 e. The maximum Gasteiger partial charge on any atom is 0.197 e. The second-order valence-electron chi connectivity index (χ2n) is 10.9. The summed E-state index contributed by atoms with van der Waals surface area (Å²) in [6.45, 7) is 2.28. The molecular formula is C35H20BN2. The SMILES string of the molecule is Cc1cc(-c2cccc3c2[nH]c2c4ccccc4ccc32)c2c3c1c1cccc4c5cccc(c5n3c41)[B]2. The van der Waals surface area contributed by atoms with Crippen molar-refractivity contribution in [1.29, 1.82) is 0 Å². The van der Waals surface area contributed by atoms with E-state index < -0.39 is 0 Å². The van der Waals surface area contributed by atoms with E-state index in [2.05, 4.69) is 121 Å². The van der Waals surface area contributed by atoms with Gasteiger partial charge in [-0.2, -0.15) is 0 Å². The molecule has 0 amide bonds. The van der Waals surface area contributed by atoms with Crippen LogP contribution in [0.2, 0.25) is 0 Å². The van der Waals surface area contributed by atoms with Gasteiger partial charge in [0.15, 0.2) is 7.28 Å². The van der Waals surface area contributed by atoms with E-state index in [-0.39, 0.29) is 0 Å². The lowest BCUT2D eigenvalue weighted by Gasteiger charge is -2.19. The quantitative estimate of drug-likeness (QED) is 0.235. The van der Waals surface area contributed by atoms with Crippen LogP contribution in [-0.4, -0.2) is 16.7 Å². The molecule has 0 unspecified atom stereocenters. The number of hydrogen-bond donors (Lipinski definition) is 1. The molecule has 0 bridgehead atoms. The molecule has 0 spiro atoms. The summed E-state index contributed by atoms with van der Waals surface area (Å²) in [5, 5.41) is 10.5. The summed E-state index contributed by atoms with van der Waals surface area (Å²) < 4.78 is 2.55. The molecule has 38 heavy (non-hydrogen) atoms. The lowest BCUT2D eigenvalue weighted by molar-refractivity contribution is 1.37. The van der Waals surface area contributed by atoms with Gasteiger partial charge >= 0.3 is 0 Å². The molecule has 1 aliphatic rings. The van der Waals surface area contributed by atoms with E-state index in [0.29, 0.717) is 0 Å². The number of aryl methyl sites for hydroxylation is 1. The highest BCUT2D eigenvalue weighted by Gasteiger charge is 2.28. The van der Waals surface area contributed by atoms with E-state index in [9.17, 15) is 0 Å². The average Bonchev–Trinajstić information content (AvgIpc) is 3.62. The molecule has 0 saturated carbocycles. The molecule has 6 aromatic carbocycles. The van der Waals surface area contributed by atoms with Gasteiger partial charge in [0.1, 0.15) is 0 Å². The highest BCUT2D eigenvalue weighted by Crippen LogP contribution is 2.43. The first-order valence-corrected chi connectivity index (χ1v) is 13.3. The molecule has 0 aliphatic carbocycles. The third-order valence-electron chi connectivity index (χ3n) is 8.99. The highest BCUT2D eigenvalue weighted by atomic mass is 14.9. The van der Waals surface area contributed by atoms with Crippen LogP contribution in [-0.2, 0) is 0 Å². The van der Waals surface area contributed by atoms with E-state index in [1.165, 1.54) is 98.3 Å². The number of aromatic amines is 1. The molecule has 0 saturated heterocycles. The molecule has 1 aliphatic heterocycles. The Kier molecular flexibility index (Phi) is 3.25. The number of H-pyrrole nitrogens is 1. The van der Waals surface area contributed by atoms with Crippen LogP contribution in [0.15, 0.2) is 97.1 Å². The van der Waals surface area contributed by atoms with Crippen LogP contribution < -0.4 is 10.9 Å². The summed E-state index contributed by atoms with van der Waals surface area (Å²) in [6.07, 6.45) is 0. The highest BCUT2D eigenvalue weighted by molar-refractivity contribution is 6.75. The van der Waals surface area contributed by atoms with Crippen LogP contribution in [0, 0.1) is 6.92 Å². The molecular weight excluding hydrogens is 459 g/mol. The largest absolute Gasteiger partial charge is 0.353 e. The minimum atomic E-state index is 1.21. The number of nitrogens with zero attached hydrogens (tertiary/aromatic N) is 1. The van der Waals surface area contributed by atoms with E-state index in [1.807, 2.05) is 0 Å². The lowest BCUT2D eigenvalue weighted by atomic mass is 9.59. The van der Waals surface area contributed by atoms with E-state index >= 15 is 0 Å². The third-order valence-corrected chi connectivity index (χ3v) is 8.99. The van der Waals surface area contributed by atoms with Gasteiger partial charge < -0.3 is 9.38 Å². The fraction of sp³-hybridized carbons (Fsp3) is 0.0286. The zero-order valence-corrected chi connectivity index (χ0v) is 20.8. The lowest BCUT2D eigenvalue weighted by Crippen LogP contribution is -2.34. The number of fused-ring (bicyclic) bond motifs is 7. The number of rotatable bonds is 1. The van der Waals surface area contributed by atoms with Gasteiger partial charge in [-0.3, -0.25) is 0 Å². The van der Waals surface area contributed by atoms with E-state index in [0.717, 1.165) is 0 Å². The second-order valence-corrected chi connectivity index (χ2v) is 10.9. The number of aromatic nitrogens is 2. The average molecular weight is 479 g/mol. The van der Waals surface area contributed by atoms with Gasteiger partial charge in [0.05, 0.1) is 16.6 Å². The Hall–Kier alpha value is -4.76. The van der Waals surface area contributed by atoms with Gasteiger partial charge in [-0.15, -0.1) is 0 Å². The van der Waals surface area contributed by atoms with E-state index in [1.54, 1.807) is 0 Å². The first-order valence-electron chi connectivity index (χ1n) is 13.3. The predicted octanol–water partition coefficient (Wildman–Crippen LogP) is 7.57. The summed E-state index contributed by atoms with van der Waals surface area (Å²) >= 11 is 0. The molecule has 4 heterocycles. The van der Waals surface area contributed by atoms with Gasteiger partial charge in [-0.05, 0) is 28.9 Å². The summed E-state index contributed by atoms with van der Waals surface area (Å²) in [5.74, 6) is 0. The summed E-state index contributed by atoms with van der Waals surface area (Å²) in [4.78, 5) is 3.87. The molecule has 2 nitrogen and oxygen atoms in total. The zero-order valence-electron chi connectivity index (χ0n) is 20.8. The van der Waals surface area contributed by atoms with Crippen LogP contribution in [0.1, 0.15) is 5.56 Å². The predicted molar refractivity (Wildman–Crippen MR) is 163 cm³/mol. The summed E-state index contributed by atoms with van der Waals surface area (Å²) in [7, 11) is 2.43. The fourth-order valence-corrected chi connectivity index (χ4v) is 7.49. The number of hydrogen-bond acceptors (Lipinski definition) is 0. The Bertz CT molecular complexity index is 2490. The van der Waals surface area contributed by atoms with Crippen molar-refractivity contribution >= 4 is 88.9 Å². The van der Waals surface area contributed by atoms with Gasteiger partial charge in [0.2, 0.25) is 0 Å². The maximum absolute atomic E-state index is 3.87. The fourth-order valence-electron chi connectivity index (χ4n) is 7.49. The zero-order chi connectivity index (χ0) is 24.7.